The second-order valence-electron chi connectivity index (χ2n) is 8.08. The first-order chi connectivity index (χ1) is 14.3. The Hall–Kier alpha value is -1.35. The minimum Gasteiger partial charge on any atom is -0.483 e. The van der Waals surface area contributed by atoms with Gasteiger partial charge in [-0.1, -0.05) is 37.8 Å². The number of benzene rings is 1. The van der Waals surface area contributed by atoms with Gasteiger partial charge in [0.25, 0.3) is 5.91 Å². The largest absolute Gasteiger partial charge is 0.483 e. The first-order valence-corrected chi connectivity index (χ1v) is 12.6. The van der Waals surface area contributed by atoms with Gasteiger partial charge in [-0.2, -0.15) is 4.31 Å². The van der Waals surface area contributed by atoms with Gasteiger partial charge in [-0.3, -0.25) is 4.79 Å². The number of ether oxygens (including phenoxy) is 1. The van der Waals surface area contributed by atoms with E-state index >= 15 is 0 Å². The number of halogens is 1. The van der Waals surface area contributed by atoms with Crippen LogP contribution in [0, 0.1) is 6.92 Å². The van der Waals surface area contributed by atoms with Gasteiger partial charge in [-0.05, 0) is 37.9 Å². The molecular weight excluding hydrogens is 426 g/mol. The first-order valence-electron chi connectivity index (χ1n) is 10.8. The van der Waals surface area contributed by atoms with E-state index in [2.05, 4.69) is 17.1 Å². The predicted molar refractivity (Wildman–Crippen MR) is 118 cm³/mol. The molecule has 0 atom stereocenters. The van der Waals surface area contributed by atoms with Crippen LogP contribution in [0.3, 0.4) is 0 Å². The molecule has 1 N–H and O–H groups in total. The van der Waals surface area contributed by atoms with Crippen LogP contribution in [-0.4, -0.2) is 68.9 Å². The average Bonchev–Trinajstić information content (AvgIpc) is 2.73. The lowest BCUT2D eigenvalue weighted by Gasteiger charge is -2.33. The molecule has 1 saturated heterocycles. The molecule has 0 bridgehead atoms. The fraction of sp³-hybridized carbons (Fsp3) is 0.667. The second-order valence-corrected chi connectivity index (χ2v) is 10.4. The minimum absolute atomic E-state index is 0.0300. The summed E-state index contributed by atoms with van der Waals surface area (Å²) in [6.07, 6.45) is 5.49. The number of nitrogens with one attached hydrogen (secondary N) is 1. The number of hydrogen-bond acceptors (Lipinski definition) is 5. The summed E-state index contributed by atoms with van der Waals surface area (Å²) in [7, 11) is -3.73. The molecule has 1 aliphatic carbocycles. The highest BCUT2D eigenvalue weighted by atomic mass is 35.5. The number of piperazine rings is 1. The Morgan fingerprint density at radius 2 is 1.83 bits per heavy atom. The molecule has 7 nitrogen and oxygen atoms in total. The van der Waals surface area contributed by atoms with Crippen molar-refractivity contribution in [3.8, 4) is 5.75 Å². The molecule has 1 aromatic carbocycles. The number of hydrogen-bond donors (Lipinski definition) is 1. The lowest BCUT2D eigenvalue weighted by Crippen LogP contribution is -2.48. The van der Waals surface area contributed by atoms with E-state index in [1.165, 1.54) is 16.8 Å². The van der Waals surface area contributed by atoms with Gasteiger partial charge in [-0.15, -0.1) is 0 Å². The Labute approximate surface area is 184 Å². The number of amides is 1. The van der Waals surface area contributed by atoms with Crippen molar-refractivity contribution in [1.29, 1.82) is 0 Å². The van der Waals surface area contributed by atoms with Crippen molar-refractivity contribution in [1.82, 2.24) is 14.5 Å². The van der Waals surface area contributed by atoms with Crippen LogP contribution in [0.4, 0.5) is 0 Å². The number of carbonyl (C=O) groups is 1. The fourth-order valence-electron chi connectivity index (χ4n) is 4.07. The maximum Gasteiger partial charge on any atom is 0.258 e. The highest BCUT2D eigenvalue weighted by molar-refractivity contribution is 7.89. The van der Waals surface area contributed by atoms with Crippen molar-refractivity contribution in [2.24, 2.45) is 0 Å². The number of aryl methyl sites for hydroxylation is 1. The van der Waals surface area contributed by atoms with Crippen molar-refractivity contribution < 1.29 is 17.9 Å². The molecule has 9 heteroatoms. The van der Waals surface area contributed by atoms with Crippen LogP contribution in [0.5, 0.6) is 5.75 Å². The van der Waals surface area contributed by atoms with Crippen molar-refractivity contribution in [2.45, 2.75) is 56.9 Å². The molecule has 0 radical (unpaired) electrons. The highest BCUT2D eigenvalue weighted by Gasteiger charge is 2.30. The number of carbonyl (C=O) groups excluding carboxylic acids is 1. The second kappa shape index (κ2) is 10.3. The lowest BCUT2D eigenvalue weighted by atomic mass is 9.95. The fourth-order valence-corrected chi connectivity index (χ4v) is 6.07. The topological polar surface area (TPSA) is 79.0 Å². The molecule has 3 rings (SSSR count). The van der Waals surface area contributed by atoms with Crippen molar-refractivity contribution >= 4 is 27.5 Å². The third-order valence-electron chi connectivity index (χ3n) is 5.95. The Balaban J connectivity index is 1.68. The van der Waals surface area contributed by atoms with E-state index in [9.17, 15) is 13.2 Å². The summed E-state index contributed by atoms with van der Waals surface area (Å²) in [4.78, 5) is 14.5. The zero-order chi connectivity index (χ0) is 21.7. The monoisotopic (exact) mass is 457 g/mol. The van der Waals surface area contributed by atoms with Gasteiger partial charge < -0.3 is 15.0 Å². The smallest absolute Gasteiger partial charge is 0.258 e. The number of rotatable bonds is 7. The van der Waals surface area contributed by atoms with E-state index in [0.29, 0.717) is 37.5 Å². The Bertz CT molecular complexity index is 848. The minimum atomic E-state index is -3.73. The zero-order valence-corrected chi connectivity index (χ0v) is 19.4. The van der Waals surface area contributed by atoms with Crippen LogP contribution in [-0.2, 0) is 14.8 Å². The molecule has 2 aliphatic rings. The van der Waals surface area contributed by atoms with E-state index in [4.69, 9.17) is 16.3 Å². The molecule has 1 saturated carbocycles. The molecule has 0 aromatic heterocycles. The molecule has 1 aromatic rings. The molecular formula is C21H32ClN3O4S. The van der Waals surface area contributed by atoms with Crippen LogP contribution < -0.4 is 10.1 Å². The predicted octanol–water partition coefficient (Wildman–Crippen LogP) is 2.80. The summed E-state index contributed by atoms with van der Waals surface area (Å²) in [5, 5.41) is 3.18. The van der Waals surface area contributed by atoms with Gasteiger partial charge in [0.15, 0.2) is 6.61 Å². The van der Waals surface area contributed by atoms with Gasteiger partial charge in [-0.25, -0.2) is 8.42 Å². The van der Waals surface area contributed by atoms with E-state index in [1.807, 2.05) is 0 Å². The van der Waals surface area contributed by atoms with Gasteiger partial charge in [0.1, 0.15) is 10.6 Å². The zero-order valence-electron chi connectivity index (χ0n) is 17.8. The summed E-state index contributed by atoms with van der Waals surface area (Å²) < 4.78 is 33.5. The Morgan fingerprint density at radius 1 is 1.17 bits per heavy atom. The van der Waals surface area contributed by atoms with E-state index in [0.717, 1.165) is 32.2 Å². The molecule has 1 heterocycles. The molecule has 1 amide bonds. The number of nitrogens with zero attached hydrogens (tertiary/aromatic N) is 2. The molecule has 0 unspecified atom stereocenters. The van der Waals surface area contributed by atoms with E-state index < -0.39 is 10.0 Å². The SMILES string of the molecule is CCN1CCN(S(=O)(=O)c2cc(OCC(=O)NC3CCCCC3)c(C)cc2Cl)CC1. The molecule has 0 spiro atoms. The maximum absolute atomic E-state index is 13.2. The summed E-state index contributed by atoms with van der Waals surface area (Å²) in [6.45, 7) is 6.87. The van der Waals surface area contributed by atoms with Crippen molar-refractivity contribution in [3.05, 3.63) is 22.7 Å². The van der Waals surface area contributed by atoms with Gasteiger partial charge >= 0.3 is 0 Å². The standard InChI is InChI=1S/C21H32ClN3O4S/c1-3-24-9-11-25(12-10-24)30(27,28)20-14-19(16(2)13-18(20)22)29-15-21(26)23-17-7-5-4-6-8-17/h13-14,17H,3-12,15H2,1-2H3,(H,23,26). The lowest BCUT2D eigenvalue weighted by molar-refractivity contribution is -0.124. The van der Waals surface area contributed by atoms with Crippen LogP contribution in [0.2, 0.25) is 5.02 Å². The summed E-state index contributed by atoms with van der Waals surface area (Å²) in [5.74, 6) is 0.181. The van der Waals surface area contributed by atoms with Crippen molar-refractivity contribution in [3.63, 3.8) is 0 Å². The summed E-state index contributed by atoms with van der Waals surface area (Å²) >= 11 is 6.30. The number of sulfonamides is 1. The van der Waals surface area contributed by atoms with E-state index in [1.54, 1.807) is 13.0 Å². The third-order valence-corrected chi connectivity index (χ3v) is 8.32. The van der Waals surface area contributed by atoms with E-state index in [-0.39, 0.29) is 28.5 Å². The average molecular weight is 458 g/mol. The third kappa shape index (κ3) is 5.66. The van der Waals surface area contributed by atoms with Crippen LogP contribution in [0.15, 0.2) is 17.0 Å². The quantitative estimate of drug-likeness (QED) is 0.681. The first kappa shape index (κ1) is 23.3. The molecule has 30 heavy (non-hydrogen) atoms. The highest BCUT2D eigenvalue weighted by Crippen LogP contribution is 2.32. The molecule has 2 fully saturated rings. The summed E-state index contributed by atoms with van der Waals surface area (Å²) in [5.41, 5.74) is 0.695. The maximum atomic E-state index is 13.2. The van der Waals surface area contributed by atoms with Crippen LogP contribution in [0.25, 0.3) is 0 Å². The van der Waals surface area contributed by atoms with Gasteiger partial charge in [0.2, 0.25) is 10.0 Å². The van der Waals surface area contributed by atoms with Crippen molar-refractivity contribution in [2.75, 3.05) is 39.3 Å². The van der Waals surface area contributed by atoms with Crippen LogP contribution >= 0.6 is 11.6 Å². The Kier molecular flexibility index (Phi) is 8.01. The molecule has 168 valence electrons. The van der Waals surface area contributed by atoms with Gasteiger partial charge in [0.05, 0.1) is 5.02 Å². The van der Waals surface area contributed by atoms with Crippen LogP contribution in [0.1, 0.15) is 44.6 Å². The molecule has 1 aliphatic heterocycles. The normalized spacial score (nSPS) is 19.6. The number of likely N-dealkylation sites (N-methyl/N-ethyl adjacent to an activating group) is 1. The summed E-state index contributed by atoms with van der Waals surface area (Å²) in [6, 6.07) is 3.25. The Morgan fingerprint density at radius 3 is 2.47 bits per heavy atom. The van der Waals surface area contributed by atoms with Gasteiger partial charge in [0, 0.05) is 38.3 Å².